The van der Waals surface area contributed by atoms with Gasteiger partial charge in [-0.2, -0.15) is 5.10 Å². The van der Waals surface area contributed by atoms with Gasteiger partial charge in [0.05, 0.1) is 4.90 Å². The summed E-state index contributed by atoms with van der Waals surface area (Å²) in [4.78, 5) is 16.1. The summed E-state index contributed by atoms with van der Waals surface area (Å²) in [5.41, 5.74) is 2.02. The molecule has 0 fully saturated rings. The second-order valence-electron chi connectivity index (χ2n) is 7.84. The smallest absolute Gasteiger partial charge is 0.238 e. The normalized spacial score (nSPS) is 10.7. The number of anilines is 1. The summed E-state index contributed by atoms with van der Waals surface area (Å²) in [5.74, 6) is 1.30. The zero-order chi connectivity index (χ0) is 31.1. The first kappa shape index (κ1) is 38.5. The van der Waals surface area contributed by atoms with Crippen molar-refractivity contribution in [3.8, 4) is 5.75 Å². The van der Waals surface area contributed by atoms with Crippen LogP contribution < -0.4 is 15.2 Å². The maximum Gasteiger partial charge on any atom is 0.238 e. The van der Waals surface area contributed by atoms with E-state index in [4.69, 9.17) is 31.1 Å². The standard InChI is InChI=1S/C14H21N3O.C10H8ClNO2S.C3H8.2CH2O/c1-5-11(3)16-17-12(4)18-14-9-7-8-13(10-14)15-6-2;11-10-3-1-2-7-6-8(15(12,13)14)4-5-9(7)10;1-3-2;2*1-2/h7-10,15H,5-6H2,1-4H3;1-6H,(H2,12,13,14);3H2,1-2H3;2*1H2/b16-11+,17-12+;;;;. The van der Waals surface area contributed by atoms with Gasteiger partial charge in [0, 0.05) is 41.3 Å². The van der Waals surface area contributed by atoms with Crippen molar-refractivity contribution in [3.05, 3.63) is 65.7 Å². The summed E-state index contributed by atoms with van der Waals surface area (Å²) in [5, 5.41) is 18.5. The fraction of sp³-hybridized carbons (Fsp3) is 0.310. The summed E-state index contributed by atoms with van der Waals surface area (Å²) in [6, 6.07) is 17.7. The molecule has 0 aliphatic carbocycles. The van der Waals surface area contributed by atoms with Crippen LogP contribution in [0.2, 0.25) is 5.02 Å². The summed E-state index contributed by atoms with van der Waals surface area (Å²) in [7, 11) is -3.65. The van der Waals surface area contributed by atoms with Crippen molar-refractivity contribution in [2.75, 3.05) is 11.9 Å². The molecule has 0 atom stereocenters. The summed E-state index contributed by atoms with van der Waals surface area (Å²) < 4.78 is 27.8. The average molecular weight is 593 g/mol. The predicted octanol–water partition coefficient (Wildman–Crippen LogP) is 6.89. The molecule has 0 aliphatic heterocycles. The number of hydrogen-bond acceptors (Lipinski definition) is 8. The van der Waals surface area contributed by atoms with E-state index in [-0.39, 0.29) is 4.90 Å². The Balaban J connectivity index is 0. The van der Waals surface area contributed by atoms with Gasteiger partial charge in [0.2, 0.25) is 15.9 Å². The highest BCUT2D eigenvalue weighted by atomic mass is 35.5. The molecule has 220 valence electrons. The molecule has 0 bridgehead atoms. The molecule has 0 radical (unpaired) electrons. The van der Waals surface area contributed by atoms with Crippen molar-refractivity contribution in [2.24, 2.45) is 15.3 Å². The minimum Gasteiger partial charge on any atom is -0.442 e. The molecule has 3 aromatic rings. The highest BCUT2D eigenvalue weighted by Gasteiger charge is 2.08. The largest absolute Gasteiger partial charge is 0.442 e. The van der Waals surface area contributed by atoms with Crippen LogP contribution in [0.1, 0.15) is 54.4 Å². The molecule has 0 unspecified atom stereocenters. The van der Waals surface area contributed by atoms with E-state index in [1.165, 1.54) is 18.6 Å². The Bertz CT molecular complexity index is 1310. The van der Waals surface area contributed by atoms with Crippen LogP contribution in [0, 0.1) is 0 Å². The second-order valence-corrected chi connectivity index (χ2v) is 9.81. The first-order chi connectivity index (χ1) is 19.0. The van der Waals surface area contributed by atoms with Gasteiger partial charge in [-0.1, -0.05) is 63.1 Å². The molecule has 0 heterocycles. The number of nitrogens with zero attached hydrogens (tertiary/aromatic N) is 2. The van der Waals surface area contributed by atoms with Crippen LogP contribution in [0.3, 0.4) is 0 Å². The van der Waals surface area contributed by atoms with Gasteiger partial charge in [0.25, 0.3) is 0 Å². The fourth-order valence-electron chi connectivity index (χ4n) is 2.69. The zero-order valence-corrected chi connectivity index (χ0v) is 25.7. The van der Waals surface area contributed by atoms with Crippen molar-refractivity contribution >= 4 is 63.3 Å². The Kier molecular flexibility index (Phi) is 21.4. The number of fused-ring (bicyclic) bond motifs is 1. The maximum atomic E-state index is 11.1. The van der Waals surface area contributed by atoms with Gasteiger partial charge >= 0.3 is 0 Å². The number of carbonyl (C=O) groups excluding carboxylic acids is 2. The van der Waals surface area contributed by atoms with Gasteiger partial charge < -0.3 is 19.6 Å². The zero-order valence-electron chi connectivity index (χ0n) is 24.1. The van der Waals surface area contributed by atoms with Crippen LogP contribution in [0.5, 0.6) is 5.75 Å². The van der Waals surface area contributed by atoms with E-state index < -0.39 is 10.0 Å². The third-order valence-corrected chi connectivity index (χ3v) is 5.72. The molecule has 0 aliphatic rings. The van der Waals surface area contributed by atoms with Crippen LogP contribution in [0.25, 0.3) is 10.8 Å². The Hall–Kier alpha value is -3.60. The molecular weight excluding hydrogens is 552 g/mol. The van der Waals surface area contributed by atoms with Gasteiger partial charge in [0.15, 0.2) is 0 Å². The minimum atomic E-state index is -3.65. The van der Waals surface area contributed by atoms with E-state index in [0.29, 0.717) is 10.9 Å². The molecule has 3 rings (SSSR count). The lowest BCUT2D eigenvalue weighted by Crippen LogP contribution is -2.11. The van der Waals surface area contributed by atoms with Crippen molar-refractivity contribution in [1.82, 2.24) is 0 Å². The number of hydrogen-bond donors (Lipinski definition) is 2. The molecule has 0 spiro atoms. The quantitative estimate of drug-likeness (QED) is 0.181. The lowest BCUT2D eigenvalue weighted by Gasteiger charge is -2.07. The molecular formula is C29H41ClN4O5S. The molecule has 9 nitrogen and oxygen atoms in total. The Morgan fingerprint density at radius 3 is 2.08 bits per heavy atom. The number of benzene rings is 3. The average Bonchev–Trinajstić information content (AvgIpc) is 2.94. The molecule has 0 amide bonds. The third kappa shape index (κ3) is 15.7. The lowest BCUT2D eigenvalue weighted by molar-refractivity contribution is -0.0987. The van der Waals surface area contributed by atoms with Crippen molar-refractivity contribution in [2.45, 2.75) is 59.3 Å². The van der Waals surface area contributed by atoms with E-state index in [2.05, 4.69) is 36.3 Å². The minimum absolute atomic E-state index is 0.0947. The number of nitrogens with two attached hydrogens (primary N) is 1. The number of halogens is 1. The van der Waals surface area contributed by atoms with Gasteiger partial charge in [-0.25, -0.2) is 13.6 Å². The summed E-state index contributed by atoms with van der Waals surface area (Å²) in [6.07, 6.45) is 2.15. The van der Waals surface area contributed by atoms with Crippen LogP contribution >= 0.6 is 11.6 Å². The van der Waals surface area contributed by atoms with E-state index in [1.54, 1.807) is 31.2 Å². The molecule has 0 saturated carbocycles. The van der Waals surface area contributed by atoms with Gasteiger partial charge in [-0.3, -0.25) is 0 Å². The van der Waals surface area contributed by atoms with Crippen molar-refractivity contribution in [3.63, 3.8) is 0 Å². The second kappa shape index (κ2) is 22.2. The molecule has 11 heteroatoms. The Morgan fingerprint density at radius 1 is 0.925 bits per heavy atom. The van der Waals surface area contributed by atoms with E-state index in [1.807, 2.05) is 51.7 Å². The number of rotatable bonds is 6. The van der Waals surface area contributed by atoms with Crippen LogP contribution in [-0.2, 0) is 19.6 Å². The first-order valence-electron chi connectivity index (χ1n) is 12.4. The molecule has 40 heavy (non-hydrogen) atoms. The SMILES string of the molecule is C=O.C=O.CCC.CCNc1cccc(O/C(C)=N/N=C(\C)CC)c1.NS(=O)(=O)c1ccc2c(Cl)cccc2c1. The summed E-state index contributed by atoms with van der Waals surface area (Å²) in [6.45, 7) is 17.0. The number of sulfonamides is 1. The highest BCUT2D eigenvalue weighted by Crippen LogP contribution is 2.25. The van der Waals surface area contributed by atoms with E-state index >= 15 is 0 Å². The molecule has 3 N–H and O–H groups in total. The predicted molar refractivity (Wildman–Crippen MR) is 168 cm³/mol. The third-order valence-electron chi connectivity index (χ3n) is 4.48. The highest BCUT2D eigenvalue weighted by molar-refractivity contribution is 7.89. The monoisotopic (exact) mass is 592 g/mol. The Morgan fingerprint density at radius 2 is 1.52 bits per heavy atom. The first-order valence-corrected chi connectivity index (χ1v) is 14.4. The molecule has 0 saturated heterocycles. The number of primary sulfonamides is 1. The van der Waals surface area contributed by atoms with Crippen LogP contribution in [0.4, 0.5) is 5.69 Å². The van der Waals surface area contributed by atoms with Gasteiger partial charge in [-0.05, 0) is 56.0 Å². The van der Waals surface area contributed by atoms with Gasteiger partial charge in [-0.15, -0.1) is 5.10 Å². The van der Waals surface area contributed by atoms with Gasteiger partial charge in [0.1, 0.15) is 19.3 Å². The number of nitrogens with one attached hydrogen (secondary N) is 1. The van der Waals surface area contributed by atoms with Crippen LogP contribution in [0.15, 0.2) is 75.8 Å². The molecule has 3 aromatic carbocycles. The maximum absolute atomic E-state index is 11.1. The lowest BCUT2D eigenvalue weighted by atomic mass is 10.1. The number of ether oxygens (including phenoxy) is 1. The fourth-order valence-corrected chi connectivity index (χ4v) is 3.48. The van der Waals surface area contributed by atoms with E-state index in [0.717, 1.165) is 40.9 Å². The topological polar surface area (TPSA) is 140 Å². The molecule has 0 aromatic heterocycles. The number of carbonyl (C=O) groups is 2. The van der Waals surface area contributed by atoms with E-state index in [9.17, 15) is 8.42 Å². The van der Waals surface area contributed by atoms with Crippen molar-refractivity contribution in [1.29, 1.82) is 0 Å². The van der Waals surface area contributed by atoms with Crippen LogP contribution in [-0.4, -0.2) is 40.2 Å². The summed E-state index contributed by atoms with van der Waals surface area (Å²) >= 11 is 5.94. The Labute approximate surface area is 243 Å². The van der Waals surface area contributed by atoms with Crippen molar-refractivity contribution < 1.29 is 22.7 Å².